The molecule has 6 aromatic rings. The molecule has 58 heavy (non-hydrogen) atoms. The standard InChI is InChI=1S/C44H39N5O9/c1-46-34-23-37(57-3)36(56-2)22-32(34)45-31(41(46)53)17-18-47-42(54)48-19-16-28-33(49(48)43(47)55)21-30-40(52)29(25-10-6-4-7-11-25)20-38(51)44(30,26-12-8-5-9-13-26)39(28)35-15-14-27(24-50)58-35/h4-16,20,22-23,30,33,39,50H,17-19,21,24H2,1-3H3/t30-,33+,39+,44-/m0/s1. The van der Waals surface area contributed by atoms with E-state index in [0.29, 0.717) is 45.0 Å². The molecule has 1 fully saturated rings. The van der Waals surface area contributed by atoms with Crippen molar-refractivity contribution in [2.24, 2.45) is 13.0 Å². The second kappa shape index (κ2) is 14.0. The van der Waals surface area contributed by atoms with E-state index < -0.39 is 40.2 Å². The van der Waals surface area contributed by atoms with Gasteiger partial charge < -0.3 is 23.6 Å². The average molecular weight is 782 g/mol. The molecule has 1 N–H and O–H groups in total. The zero-order chi connectivity index (χ0) is 40.5. The predicted molar refractivity (Wildman–Crippen MR) is 212 cm³/mol. The van der Waals surface area contributed by atoms with E-state index in [1.165, 1.54) is 34.2 Å². The van der Waals surface area contributed by atoms with Crippen LogP contribution in [-0.4, -0.2) is 54.4 Å². The molecule has 1 aliphatic heterocycles. The van der Waals surface area contributed by atoms with Crippen molar-refractivity contribution in [1.29, 1.82) is 0 Å². The Morgan fingerprint density at radius 2 is 1.60 bits per heavy atom. The van der Waals surface area contributed by atoms with Crippen LogP contribution in [0.15, 0.2) is 121 Å². The van der Waals surface area contributed by atoms with Gasteiger partial charge in [0, 0.05) is 43.6 Å². The maximum absolute atomic E-state index is 15.1. The molecule has 294 valence electrons. The van der Waals surface area contributed by atoms with Gasteiger partial charge in [0.2, 0.25) is 0 Å². The SMILES string of the molecule is COc1cc2nc(CCn3c(=O)n4n(c3=O)[C@@H]3C[C@H]5C(=O)C(c6ccccc6)=CC(=O)[C@@]5(c5ccccc5)[C@@H](c5ccc(CO)o5)C3=CC4)c(=O)n(C)c2cc1OC. The number of aromatic nitrogens is 5. The number of nitrogens with zero attached hydrogens (tertiary/aromatic N) is 5. The zero-order valence-corrected chi connectivity index (χ0v) is 32.0. The summed E-state index contributed by atoms with van der Waals surface area (Å²) in [6, 6.07) is 24.0. The highest BCUT2D eigenvalue weighted by molar-refractivity contribution is 6.31. The first kappa shape index (κ1) is 36.8. The fraction of sp³-hybridized carbons (Fsp3) is 0.273. The molecule has 3 aliphatic rings. The quantitative estimate of drug-likeness (QED) is 0.213. The molecule has 0 radical (unpaired) electrons. The molecule has 0 amide bonds. The maximum Gasteiger partial charge on any atom is 0.347 e. The Morgan fingerprint density at radius 1 is 0.897 bits per heavy atom. The van der Waals surface area contributed by atoms with Crippen molar-refractivity contribution in [2.45, 2.75) is 49.9 Å². The van der Waals surface area contributed by atoms with E-state index in [2.05, 4.69) is 4.98 Å². The number of aliphatic hydroxyl groups excluding tert-OH is 1. The number of allylic oxidation sites excluding steroid dienone is 4. The number of ketones is 2. The smallest absolute Gasteiger partial charge is 0.347 e. The number of rotatable bonds is 9. The van der Waals surface area contributed by atoms with Crippen LogP contribution in [-0.2, 0) is 48.2 Å². The van der Waals surface area contributed by atoms with E-state index in [-0.39, 0.29) is 61.1 Å². The number of aliphatic hydroxyl groups is 1. The molecule has 3 aromatic heterocycles. The fourth-order valence-electron chi connectivity index (χ4n) is 9.41. The molecule has 0 saturated heterocycles. The number of carbonyl (C=O) groups is 2. The second-order valence-corrected chi connectivity index (χ2v) is 14.8. The van der Waals surface area contributed by atoms with Crippen LogP contribution in [0.5, 0.6) is 11.5 Å². The number of methoxy groups -OCH3 is 2. The van der Waals surface area contributed by atoms with E-state index in [1.807, 2.05) is 42.5 Å². The molecular formula is C44H39N5O9. The first-order valence-electron chi connectivity index (χ1n) is 19.0. The lowest BCUT2D eigenvalue weighted by Crippen LogP contribution is -2.58. The van der Waals surface area contributed by atoms with Crippen LogP contribution in [0.25, 0.3) is 16.6 Å². The van der Waals surface area contributed by atoms with E-state index >= 15 is 9.59 Å². The summed E-state index contributed by atoms with van der Waals surface area (Å²) in [6.07, 6.45) is 3.28. The number of hydrogen-bond donors (Lipinski definition) is 1. The number of hydrogen-bond acceptors (Lipinski definition) is 10. The number of benzene rings is 3. The van der Waals surface area contributed by atoms with Gasteiger partial charge in [-0.3, -0.25) is 14.4 Å². The second-order valence-electron chi connectivity index (χ2n) is 14.8. The first-order chi connectivity index (χ1) is 28.1. The summed E-state index contributed by atoms with van der Waals surface area (Å²) in [7, 11) is 4.61. The Kier molecular flexibility index (Phi) is 8.88. The number of fused-ring (bicyclic) bond motifs is 5. The molecule has 0 spiro atoms. The van der Waals surface area contributed by atoms with Crippen LogP contribution < -0.4 is 26.4 Å². The van der Waals surface area contributed by atoms with Gasteiger partial charge in [-0.15, -0.1) is 0 Å². The largest absolute Gasteiger partial charge is 0.493 e. The van der Waals surface area contributed by atoms with Crippen molar-refractivity contribution in [1.82, 2.24) is 23.5 Å². The van der Waals surface area contributed by atoms with Gasteiger partial charge in [-0.2, -0.15) is 0 Å². The number of aryl methyl sites for hydroxylation is 2. The van der Waals surface area contributed by atoms with Crippen molar-refractivity contribution in [3.63, 3.8) is 0 Å². The van der Waals surface area contributed by atoms with Gasteiger partial charge in [-0.1, -0.05) is 66.7 Å². The van der Waals surface area contributed by atoms with Crippen molar-refractivity contribution in [2.75, 3.05) is 14.2 Å². The lowest BCUT2D eigenvalue weighted by atomic mass is 9.48. The third-order valence-corrected chi connectivity index (χ3v) is 12.1. The van der Waals surface area contributed by atoms with Crippen molar-refractivity contribution in [3.8, 4) is 11.5 Å². The Bertz CT molecular complexity index is 2900. The van der Waals surface area contributed by atoms with Gasteiger partial charge in [0.15, 0.2) is 23.1 Å². The first-order valence-corrected chi connectivity index (χ1v) is 19.0. The van der Waals surface area contributed by atoms with Crippen LogP contribution in [0, 0.1) is 5.92 Å². The molecule has 9 rings (SSSR count). The normalized spacial score (nSPS) is 21.2. The molecule has 14 nitrogen and oxygen atoms in total. The van der Waals surface area contributed by atoms with Gasteiger partial charge >= 0.3 is 11.4 Å². The van der Waals surface area contributed by atoms with Gasteiger partial charge in [0.05, 0.1) is 49.2 Å². The Morgan fingerprint density at radius 3 is 2.29 bits per heavy atom. The van der Waals surface area contributed by atoms with Gasteiger partial charge in [0.1, 0.15) is 23.8 Å². The van der Waals surface area contributed by atoms with Crippen LogP contribution in [0.3, 0.4) is 0 Å². The predicted octanol–water partition coefficient (Wildman–Crippen LogP) is 3.86. The van der Waals surface area contributed by atoms with Gasteiger partial charge in [-0.25, -0.2) is 28.5 Å². The minimum Gasteiger partial charge on any atom is -0.493 e. The summed E-state index contributed by atoms with van der Waals surface area (Å²) in [4.78, 5) is 77.0. The minimum atomic E-state index is -1.48. The Labute approximate surface area is 330 Å². The van der Waals surface area contributed by atoms with Crippen LogP contribution in [0.4, 0.5) is 0 Å². The summed E-state index contributed by atoms with van der Waals surface area (Å²) in [5.41, 5.74) is 0.169. The molecule has 1 saturated carbocycles. The van der Waals surface area contributed by atoms with Crippen LogP contribution >= 0.6 is 0 Å². The highest BCUT2D eigenvalue weighted by Gasteiger charge is 2.64. The third kappa shape index (κ3) is 5.35. The molecule has 4 heterocycles. The van der Waals surface area contributed by atoms with Crippen LogP contribution in [0.1, 0.15) is 46.7 Å². The highest BCUT2D eigenvalue weighted by Crippen LogP contribution is 2.61. The zero-order valence-electron chi connectivity index (χ0n) is 32.0. The lowest BCUT2D eigenvalue weighted by Gasteiger charge is -2.53. The van der Waals surface area contributed by atoms with Gasteiger partial charge in [0.25, 0.3) is 5.56 Å². The monoisotopic (exact) mass is 781 g/mol. The fourth-order valence-corrected chi connectivity index (χ4v) is 9.41. The third-order valence-electron chi connectivity index (χ3n) is 12.1. The molecular weight excluding hydrogens is 743 g/mol. The Hall–Kier alpha value is -6.80. The number of furan rings is 1. The van der Waals surface area contributed by atoms with E-state index in [9.17, 15) is 19.5 Å². The Balaban J connectivity index is 1.17. The molecule has 0 bridgehead atoms. The van der Waals surface area contributed by atoms with Crippen molar-refractivity contribution in [3.05, 3.63) is 162 Å². The number of carbonyl (C=O) groups excluding carboxylic acids is 2. The number of Topliss-reactive ketones (excluding diaryl/α,β-unsaturated/α-hetero) is 1. The lowest BCUT2D eigenvalue weighted by molar-refractivity contribution is -0.133. The summed E-state index contributed by atoms with van der Waals surface area (Å²) >= 11 is 0. The molecule has 14 heteroatoms. The maximum atomic E-state index is 15.1. The number of ether oxygens (including phenoxy) is 2. The summed E-state index contributed by atoms with van der Waals surface area (Å²) in [5, 5.41) is 10.1. The van der Waals surface area contributed by atoms with E-state index in [4.69, 9.17) is 13.9 Å². The molecule has 2 aliphatic carbocycles. The van der Waals surface area contributed by atoms with Gasteiger partial charge in [-0.05, 0) is 41.3 Å². The highest BCUT2D eigenvalue weighted by atomic mass is 16.5. The molecule has 0 unspecified atom stereocenters. The summed E-state index contributed by atoms with van der Waals surface area (Å²) < 4.78 is 22.3. The average Bonchev–Trinajstić information content (AvgIpc) is 3.83. The topological polar surface area (TPSA) is 170 Å². The van der Waals surface area contributed by atoms with Crippen molar-refractivity contribution >= 4 is 28.2 Å². The summed E-state index contributed by atoms with van der Waals surface area (Å²) in [5.74, 6) is -0.951. The van der Waals surface area contributed by atoms with E-state index in [0.717, 1.165) is 4.57 Å². The van der Waals surface area contributed by atoms with Crippen LogP contribution in [0.2, 0.25) is 0 Å². The van der Waals surface area contributed by atoms with Crippen molar-refractivity contribution < 1.29 is 28.6 Å². The summed E-state index contributed by atoms with van der Waals surface area (Å²) in [6.45, 7) is -0.539. The van der Waals surface area contributed by atoms with E-state index in [1.54, 1.807) is 55.6 Å². The minimum absolute atomic E-state index is 0.00261. The molecule has 3 aromatic carbocycles. The molecule has 4 atom stereocenters.